The van der Waals surface area contributed by atoms with Gasteiger partial charge in [0.2, 0.25) is 5.16 Å². The lowest BCUT2D eigenvalue weighted by Crippen LogP contribution is -2.44. The molecule has 0 bridgehead atoms. The van der Waals surface area contributed by atoms with Crippen LogP contribution in [0.15, 0.2) is 29.4 Å². The Morgan fingerprint density at radius 3 is 2.88 bits per heavy atom. The highest BCUT2D eigenvalue weighted by atomic mass is 32.2. The molecular weight excluding hydrogens is 326 g/mol. The maximum atomic E-state index is 9.40. The van der Waals surface area contributed by atoms with Gasteiger partial charge in [-0.1, -0.05) is 25.6 Å². The van der Waals surface area contributed by atoms with Crippen molar-refractivity contribution in [1.82, 2.24) is 25.1 Å². The molecule has 0 unspecified atom stereocenters. The van der Waals surface area contributed by atoms with E-state index in [4.69, 9.17) is 4.74 Å². The summed E-state index contributed by atoms with van der Waals surface area (Å²) in [5, 5.41) is 22.0. The Morgan fingerprint density at radius 2 is 2.12 bits per heavy atom. The molecule has 1 saturated heterocycles. The highest BCUT2D eigenvalue weighted by Gasteiger charge is 2.22. The van der Waals surface area contributed by atoms with Crippen LogP contribution in [-0.4, -0.2) is 68.3 Å². The first-order chi connectivity index (χ1) is 11.6. The van der Waals surface area contributed by atoms with Crippen LogP contribution < -0.4 is 0 Å². The van der Waals surface area contributed by atoms with E-state index < -0.39 is 0 Å². The molecule has 130 valence electrons. The van der Waals surface area contributed by atoms with Crippen LogP contribution >= 0.6 is 11.8 Å². The van der Waals surface area contributed by atoms with Crippen molar-refractivity contribution >= 4 is 11.8 Å². The van der Waals surface area contributed by atoms with E-state index in [1.54, 1.807) is 40.7 Å². The van der Waals surface area contributed by atoms with E-state index in [0.29, 0.717) is 5.92 Å². The first-order valence-electron chi connectivity index (χ1n) is 8.16. The number of benzene rings is 1. The number of morpholine rings is 1. The maximum Gasteiger partial charge on any atom is 0.214 e. The fourth-order valence-electron chi connectivity index (χ4n) is 2.76. The molecule has 1 N–H and O–H groups in total. The monoisotopic (exact) mass is 349 g/mol. The number of ether oxygens (including phenoxy) is 1. The van der Waals surface area contributed by atoms with E-state index in [9.17, 15) is 5.11 Å². The highest BCUT2D eigenvalue weighted by molar-refractivity contribution is 7.99. The number of hydrogen-bond donors (Lipinski definition) is 1. The summed E-state index contributed by atoms with van der Waals surface area (Å²) in [6, 6.07) is 6.83. The third-order valence-corrected chi connectivity index (χ3v) is 4.83. The van der Waals surface area contributed by atoms with E-state index in [0.717, 1.165) is 42.8 Å². The Kier molecular flexibility index (Phi) is 5.70. The molecule has 1 aromatic heterocycles. The second-order valence-electron chi connectivity index (χ2n) is 6.35. The zero-order valence-electron chi connectivity index (χ0n) is 14.0. The maximum absolute atomic E-state index is 9.40. The fraction of sp³-hybridized carbons (Fsp3) is 0.562. The van der Waals surface area contributed by atoms with Gasteiger partial charge < -0.3 is 9.84 Å². The number of aromatic hydroxyl groups is 1. The Hall–Kier alpha value is -1.64. The van der Waals surface area contributed by atoms with Crippen LogP contribution in [0.25, 0.3) is 5.69 Å². The van der Waals surface area contributed by atoms with Crippen LogP contribution in [0.2, 0.25) is 0 Å². The summed E-state index contributed by atoms with van der Waals surface area (Å²) < 4.78 is 7.56. The van der Waals surface area contributed by atoms with Gasteiger partial charge in [0.1, 0.15) is 5.75 Å². The average Bonchev–Trinajstić information content (AvgIpc) is 3.02. The van der Waals surface area contributed by atoms with Gasteiger partial charge in [0.15, 0.2) is 0 Å². The van der Waals surface area contributed by atoms with Gasteiger partial charge in [-0.25, -0.2) is 0 Å². The van der Waals surface area contributed by atoms with Crippen molar-refractivity contribution in [3.8, 4) is 11.4 Å². The molecule has 1 aliphatic rings. The molecule has 24 heavy (non-hydrogen) atoms. The van der Waals surface area contributed by atoms with Crippen LogP contribution in [0.3, 0.4) is 0 Å². The molecule has 1 fully saturated rings. The second-order valence-corrected chi connectivity index (χ2v) is 7.33. The van der Waals surface area contributed by atoms with Crippen molar-refractivity contribution in [2.45, 2.75) is 25.1 Å². The number of tetrazole rings is 1. The van der Waals surface area contributed by atoms with Crippen LogP contribution in [0, 0.1) is 5.92 Å². The highest BCUT2D eigenvalue weighted by Crippen LogP contribution is 2.22. The second kappa shape index (κ2) is 7.96. The van der Waals surface area contributed by atoms with Crippen LogP contribution in [0.5, 0.6) is 5.75 Å². The van der Waals surface area contributed by atoms with Crippen LogP contribution in [-0.2, 0) is 4.74 Å². The summed E-state index contributed by atoms with van der Waals surface area (Å²) in [6.45, 7) is 8.32. The van der Waals surface area contributed by atoms with E-state index in [1.807, 2.05) is 0 Å². The number of thioether (sulfide) groups is 1. The van der Waals surface area contributed by atoms with Crippen molar-refractivity contribution < 1.29 is 9.84 Å². The zero-order chi connectivity index (χ0) is 16.9. The molecule has 1 aliphatic heterocycles. The van der Waals surface area contributed by atoms with Crippen LogP contribution in [0.1, 0.15) is 13.8 Å². The fourth-order valence-corrected chi connectivity index (χ4v) is 3.65. The molecule has 0 spiro atoms. The number of hydrogen-bond acceptors (Lipinski definition) is 7. The van der Waals surface area contributed by atoms with Gasteiger partial charge in [0.25, 0.3) is 0 Å². The minimum Gasteiger partial charge on any atom is -0.508 e. The van der Waals surface area contributed by atoms with Gasteiger partial charge in [0, 0.05) is 25.4 Å². The van der Waals surface area contributed by atoms with Crippen molar-refractivity contribution in [2.24, 2.45) is 5.92 Å². The number of nitrogens with zero attached hydrogens (tertiary/aromatic N) is 5. The van der Waals surface area contributed by atoms with E-state index >= 15 is 0 Å². The Balaban J connectivity index is 1.59. The average molecular weight is 349 g/mol. The van der Waals surface area contributed by atoms with E-state index in [1.165, 1.54) is 0 Å². The third kappa shape index (κ3) is 4.46. The molecule has 2 aromatic rings. The van der Waals surface area contributed by atoms with Gasteiger partial charge in [-0.05, 0) is 40.6 Å². The zero-order valence-corrected chi connectivity index (χ0v) is 14.8. The minimum absolute atomic E-state index is 0.187. The molecule has 3 rings (SSSR count). The summed E-state index contributed by atoms with van der Waals surface area (Å²) in [4.78, 5) is 2.46. The van der Waals surface area contributed by atoms with Crippen molar-refractivity contribution in [3.63, 3.8) is 0 Å². The SMILES string of the molecule is CC(C)CN1CCO[C@H](CSc2nnnn2-c2ccc(O)cc2)C1. The molecule has 0 saturated carbocycles. The molecule has 1 atom stereocenters. The van der Waals surface area contributed by atoms with Gasteiger partial charge in [-0.3, -0.25) is 4.90 Å². The summed E-state index contributed by atoms with van der Waals surface area (Å²) in [7, 11) is 0. The molecule has 0 radical (unpaired) electrons. The lowest BCUT2D eigenvalue weighted by atomic mass is 10.2. The van der Waals surface area contributed by atoms with Crippen molar-refractivity contribution in [1.29, 1.82) is 0 Å². The quantitative estimate of drug-likeness (QED) is 0.797. The van der Waals surface area contributed by atoms with Crippen molar-refractivity contribution in [3.05, 3.63) is 24.3 Å². The molecule has 8 heteroatoms. The number of phenols is 1. The summed E-state index contributed by atoms with van der Waals surface area (Å²) >= 11 is 1.59. The lowest BCUT2D eigenvalue weighted by Gasteiger charge is -2.33. The van der Waals surface area contributed by atoms with E-state index in [2.05, 4.69) is 34.3 Å². The molecule has 0 amide bonds. The number of phenolic OH excluding ortho intramolecular Hbond substituents is 1. The number of rotatable bonds is 6. The lowest BCUT2D eigenvalue weighted by molar-refractivity contribution is -0.0191. The predicted molar refractivity (Wildman–Crippen MR) is 92.6 cm³/mol. The topological polar surface area (TPSA) is 76.3 Å². The number of aromatic nitrogens is 4. The molecule has 2 heterocycles. The smallest absolute Gasteiger partial charge is 0.214 e. The van der Waals surface area contributed by atoms with Crippen LogP contribution in [0.4, 0.5) is 0 Å². The van der Waals surface area contributed by atoms with Crippen molar-refractivity contribution in [2.75, 3.05) is 32.0 Å². The normalized spacial score (nSPS) is 19.0. The molecule has 7 nitrogen and oxygen atoms in total. The van der Waals surface area contributed by atoms with Gasteiger partial charge >= 0.3 is 0 Å². The minimum atomic E-state index is 0.187. The first kappa shape index (κ1) is 17.2. The van der Waals surface area contributed by atoms with Gasteiger partial charge in [-0.15, -0.1) is 5.10 Å². The summed E-state index contributed by atoms with van der Waals surface area (Å²) in [5.74, 6) is 1.70. The van der Waals surface area contributed by atoms with Gasteiger partial charge in [-0.2, -0.15) is 4.68 Å². The third-order valence-electron chi connectivity index (χ3n) is 3.78. The van der Waals surface area contributed by atoms with Gasteiger partial charge in [0.05, 0.1) is 18.4 Å². The molecule has 0 aliphatic carbocycles. The first-order valence-corrected chi connectivity index (χ1v) is 9.15. The van der Waals surface area contributed by atoms with E-state index in [-0.39, 0.29) is 11.9 Å². The molecule has 1 aromatic carbocycles. The predicted octanol–water partition coefficient (Wildman–Crippen LogP) is 1.82. The summed E-state index contributed by atoms with van der Waals surface area (Å²) in [5.41, 5.74) is 0.825. The standard InChI is InChI=1S/C16H23N5O2S/c1-12(2)9-20-7-8-23-15(10-20)11-24-16-17-18-19-21(16)13-3-5-14(22)6-4-13/h3-6,12,15,22H,7-11H2,1-2H3/t15-/m0/s1. The summed E-state index contributed by atoms with van der Waals surface area (Å²) in [6.07, 6.45) is 0.187. The Labute approximate surface area is 146 Å². The largest absolute Gasteiger partial charge is 0.508 e. The molecular formula is C16H23N5O2S. The Morgan fingerprint density at radius 1 is 1.33 bits per heavy atom. The Bertz CT molecular complexity index is 646.